The molecule has 0 saturated carbocycles. The van der Waals surface area contributed by atoms with E-state index in [0.717, 1.165) is 18.7 Å². The van der Waals surface area contributed by atoms with Crippen LogP contribution >= 0.6 is 11.8 Å². The van der Waals surface area contributed by atoms with Crippen molar-refractivity contribution in [1.82, 2.24) is 9.97 Å². The number of nitrogens with zero attached hydrogens (tertiary/aromatic N) is 2. The van der Waals surface area contributed by atoms with Gasteiger partial charge in [-0.25, -0.2) is 14.8 Å². The molecule has 18 heavy (non-hydrogen) atoms. The van der Waals surface area contributed by atoms with E-state index in [2.05, 4.69) is 21.5 Å². The van der Waals surface area contributed by atoms with E-state index in [-0.39, 0.29) is 5.97 Å². The molecule has 1 rings (SSSR count). The Labute approximate surface area is 112 Å². The van der Waals surface area contributed by atoms with Crippen molar-refractivity contribution >= 4 is 23.7 Å². The normalized spacial score (nSPS) is 10.2. The molecule has 100 valence electrons. The lowest BCUT2D eigenvalue weighted by Gasteiger charge is -2.07. The van der Waals surface area contributed by atoms with Crippen molar-refractivity contribution < 1.29 is 9.53 Å². The van der Waals surface area contributed by atoms with Gasteiger partial charge in [0.1, 0.15) is 0 Å². The van der Waals surface area contributed by atoms with Crippen molar-refractivity contribution in [3.8, 4) is 0 Å². The van der Waals surface area contributed by atoms with Crippen LogP contribution in [0.3, 0.4) is 0 Å². The number of hydrogen-bond donors (Lipinski definition) is 1. The highest BCUT2D eigenvalue weighted by Crippen LogP contribution is 2.08. The predicted octanol–water partition coefficient (Wildman–Crippen LogP) is 2.13. The van der Waals surface area contributed by atoms with Crippen LogP contribution < -0.4 is 5.32 Å². The van der Waals surface area contributed by atoms with Gasteiger partial charge in [-0.15, -0.1) is 0 Å². The Bertz CT molecular complexity index is 399. The van der Waals surface area contributed by atoms with Gasteiger partial charge in [-0.05, 0) is 32.3 Å². The first-order valence-corrected chi connectivity index (χ1v) is 7.32. The van der Waals surface area contributed by atoms with E-state index in [1.165, 1.54) is 6.20 Å². The van der Waals surface area contributed by atoms with E-state index < -0.39 is 0 Å². The molecule has 6 heteroatoms. The van der Waals surface area contributed by atoms with Crippen LogP contribution in [0.4, 0.5) is 5.95 Å². The molecule has 0 fully saturated rings. The number of thioether (sulfide) groups is 1. The molecular formula is C12H19N3O2S. The predicted molar refractivity (Wildman–Crippen MR) is 74.2 cm³/mol. The maximum Gasteiger partial charge on any atom is 0.341 e. The van der Waals surface area contributed by atoms with Gasteiger partial charge in [0.05, 0.1) is 17.9 Å². The van der Waals surface area contributed by atoms with Gasteiger partial charge in [0, 0.05) is 12.7 Å². The van der Waals surface area contributed by atoms with Gasteiger partial charge in [-0.1, -0.05) is 0 Å². The SMILES string of the molecule is CCOC(=O)c1cnc(NCCCSC)nc1C. The fourth-order valence-corrected chi connectivity index (χ4v) is 1.81. The number of carbonyl (C=O) groups excluding carboxylic acids is 1. The van der Waals surface area contributed by atoms with Gasteiger partial charge in [0.25, 0.3) is 0 Å². The average molecular weight is 269 g/mol. The van der Waals surface area contributed by atoms with Crippen LogP contribution in [0.1, 0.15) is 29.4 Å². The second-order valence-corrected chi connectivity index (χ2v) is 4.67. The van der Waals surface area contributed by atoms with Crippen LogP contribution in [0.15, 0.2) is 6.20 Å². The summed E-state index contributed by atoms with van der Waals surface area (Å²) in [7, 11) is 0. The minimum atomic E-state index is -0.371. The van der Waals surface area contributed by atoms with Crippen LogP contribution in [0.5, 0.6) is 0 Å². The fourth-order valence-electron chi connectivity index (χ4n) is 1.38. The molecular weight excluding hydrogens is 250 g/mol. The highest BCUT2D eigenvalue weighted by Gasteiger charge is 2.12. The molecule has 0 bridgehead atoms. The molecule has 5 nitrogen and oxygen atoms in total. The van der Waals surface area contributed by atoms with E-state index in [9.17, 15) is 4.79 Å². The van der Waals surface area contributed by atoms with Gasteiger partial charge >= 0.3 is 5.97 Å². The molecule has 0 radical (unpaired) electrons. The van der Waals surface area contributed by atoms with Gasteiger partial charge in [-0.2, -0.15) is 11.8 Å². The number of nitrogens with one attached hydrogen (secondary N) is 1. The molecule has 0 aliphatic carbocycles. The van der Waals surface area contributed by atoms with Crippen LogP contribution in [0, 0.1) is 6.92 Å². The summed E-state index contributed by atoms with van der Waals surface area (Å²) < 4.78 is 4.92. The maximum absolute atomic E-state index is 11.6. The minimum Gasteiger partial charge on any atom is -0.462 e. The third-order valence-electron chi connectivity index (χ3n) is 2.28. The number of aryl methyl sites for hydroxylation is 1. The molecule has 1 aromatic rings. The van der Waals surface area contributed by atoms with Crippen LogP contribution in [0.2, 0.25) is 0 Å². The lowest BCUT2D eigenvalue weighted by Crippen LogP contribution is -2.12. The third-order valence-corrected chi connectivity index (χ3v) is 2.98. The number of carbonyl (C=O) groups is 1. The first-order valence-electron chi connectivity index (χ1n) is 5.92. The van der Waals surface area contributed by atoms with Crippen molar-refractivity contribution in [3.63, 3.8) is 0 Å². The van der Waals surface area contributed by atoms with Crippen LogP contribution in [-0.2, 0) is 4.74 Å². The number of hydrogen-bond acceptors (Lipinski definition) is 6. The summed E-state index contributed by atoms with van der Waals surface area (Å²) in [4.78, 5) is 19.9. The monoisotopic (exact) mass is 269 g/mol. The van der Waals surface area contributed by atoms with Gasteiger partial charge in [0.2, 0.25) is 5.95 Å². The summed E-state index contributed by atoms with van der Waals surface area (Å²) >= 11 is 1.81. The Morgan fingerprint density at radius 2 is 2.33 bits per heavy atom. The highest BCUT2D eigenvalue weighted by atomic mass is 32.2. The number of ether oxygens (including phenoxy) is 1. The van der Waals surface area contributed by atoms with Crippen molar-refractivity contribution in [3.05, 3.63) is 17.5 Å². The van der Waals surface area contributed by atoms with Crippen molar-refractivity contribution in [1.29, 1.82) is 0 Å². The lowest BCUT2D eigenvalue weighted by atomic mass is 10.2. The van der Waals surface area contributed by atoms with Crippen molar-refractivity contribution in [2.45, 2.75) is 20.3 Å². The molecule has 0 unspecified atom stereocenters. The Balaban J connectivity index is 2.59. The minimum absolute atomic E-state index is 0.354. The van der Waals surface area contributed by atoms with Crippen LogP contribution in [-0.4, -0.2) is 41.1 Å². The number of esters is 1. The van der Waals surface area contributed by atoms with Gasteiger partial charge in [0.15, 0.2) is 0 Å². The molecule has 0 saturated heterocycles. The lowest BCUT2D eigenvalue weighted by molar-refractivity contribution is 0.0524. The first kappa shape index (κ1) is 14.8. The number of aromatic nitrogens is 2. The summed E-state index contributed by atoms with van der Waals surface area (Å²) in [6.07, 6.45) is 4.65. The summed E-state index contributed by atoms with van der Waals surface area (Å²) in [6, 6.07) is 0. The Morgan fingerprint density at radius 3 is 2.94 bits per heavy atom. The molecule has 0 amide bonds. The summed E-state index contributed by atoms with van der Waals surface area (Å²) in [5.41, 5.74) is 1.06. The van der Waals surface area contributed by atoms with E-state index >= 15 is 0 Å². The number of anilines is 1. The second-order valence-electron chi connectivity index (χ2n) is 3.69. The highest BCUT2D eigenvalue weighted by molar-refractivity contribution is 7.98. The molecule has 0 spiro atoms. The molecule has 0 atom stereocenters. The molecule has 1 aromatic heterocycles. The van der Waals surface area contributed by atoms with Crippen molar-refractivity contribution in [2.75, 3.05) is 30.5 Å². The first-order chi connectivity index (χ1) is 8.69. The largest absolute Gasteiger partial charge is 0.462 e. The van der Waals surface area contributed by atoms with E-state index in [0.29, 0.717) is 23.8 Å². The van der Waals surface area contributed by atoms with E-state index in [1.807, 2.05) is 11.8 Å². The van der Waals surface area contributed by atoms with E-state index in [1.54, 1.807) is 13.8 Å². The standard InChI is InChI=1S/C12H19N3O2S/c1-4-17-11(16)10-8-14-12(15-9(10)2)13-6-5-7-18-3/h8H,4-7H2,1-3H3,(H,13,14,15). The molecule has 0 aromatic carbocycles. The smallest absolute Gasteiger partial charge is 0.341 e. The topological polar surface area (TPSA) is 64.1 Å². The second kappa shape index (κ2) is 7.92. The molecule has 0 aliphatic heterocycles. The Hall–Kier alpha value is -1.30. The summed E-state index contributed by atoms with van der Waals surface area (Å²) in [5.74, 6) is 1.29. The number of rotatable bonds is 7. The molecule has 1 heterocycles. The maximum atomic E-state index is 11.6. The fraction of sp³-hybridized carbons (Fsp3) is 0.583. The van der Waals surface area contributed by atoms with E-state index in [4.69, 9.17) is 4.74 Å². The molecule has 1 N–H and O–H groups in total. The van der Waals surface area contributed by atoms with Crippen molar-refractivity contribution in [2.24, 2.45) is 0 Å². The quantitative estimate of drug-likeness (QED) is 0.604. The summed E-state index contributed by atoms with van der Waals surface area (Å²) in [6.45, 7) is 4.74. The zero-order chi connectivity index (χ0) is 13.4. The Morgan fingerprint density at radius 1 is 1.56 bits per heavy atom. The Kier molecular flexibility index (Phi) is 6.49. The summed E-state index contributed by atoms with van der Waals surface area (Å²) in [5, 5.41) is 3.13. The van der Waals surface area contributed by atoms with Crippen LogP contribution in [0.25, 0.3) is 0 Å². The zero-order valence-corrected chi connectivity index (χ0v) is 11.8. The third kappa shape index (κ3) is 4.52. The van der Waals surface area contributed by atoms with Gasteiger partial charge < -0.3 is 10.1 Å². The average Bonchev–Trinajstić information content (AvgIpc) is 2.35. The zero-order valence-electron chi connectivity index (χ0n) is 11.0. The molecule has 0 aliphatic rings. The van der Waals surface area contributed by atoms with Gasteiger partial charge in [-0.3, -0.25) is 0 Å².